The number of nitrogens with one attached hydrogen (secondary N) is 1. The molecule has 0 spiro atoms. The van der Waals surface area contributed by atoms with Crippen LogP contribution in [0.4, 0.5) is 19.0 Å². The molecule has 0 fully saturated rings. The first-order chi connectivity index (χ1) is 13.6. The first-order valence-corrected chi connectivity index (χ1v) is 9.37. The number of pyridine rings is 2. The lowest BCUT2D eigenvalue weighted by Crippen LogP contribution is -2.19. The summed E-state index contributed by atoms with van der Waals surface area (Å²) in [6.45, 7) is 3.16. The number of aryl methyl sites for hydroxylation is 1. The Kier molecular flexibility index (Phi) is 5.41. The van der Waals surface area contributed by atoms with Gasteiger partial charge in [-0.3, -0.25) is 4.79 Å². The summed E-state index contributed by atoms with van der Waals surface area (Å²) in [5, 5.41) is 13.0. The Hall–Kier alpha value is -2.86. The highest BCUT2D eigenvalue weighted by atomic mass is 79.9. The molecule has 0 amide bonds. The molecular formula is C20H16BrF3N4O. The van der Waals surface area contributed by atoms with Crippen molar-refractivity contribution in [2.24, 2.45) is 7.05 Å². The number of alkyl halides is 3. The van der Waals surface area contributed by atoms with E-state index in [2.05, 4.69) is 26.2 Å². The largest absolute Gasteiger partial charge is 0.416 e. The second-order valence-electron chi connectivity index (χ2n) is 6.63. The van der Waals surface area contributed by atoms with E-state index in [1.54, 1.807) is 26.1 Å². The van der Waals surface area contributed by atoms with Gasteiger partial charge < -0.3 is 9.88 Å². The van der Waals surface area contributed by atoms with Crippen molar-refractivity contribution < 1.29 is 13.2 Å². The Balaban J connectivity index is 2.13. The van der Waals surface area contributed by atoms with Gasteiger partial charge in [-0.05, 0) is 53.0 Å². The van der Waals surface area contributed by atoms with Crippen molar-refractivity contribution >= 4 is 32.7 Å². The number of fused-ring (bicyclic) bond motifs is 1. The van der Waals surface area contributed by atoms with E-state index >= 15 is 0 Å². The molecular weight excluding hydrogens is 449 g/mol. The molecule has 1 N–H and O–H groups in total. The van der Waals surface area contributed by atoms with Crippen molar-refractivity contribution in [2.45, 2.75) is 26.1 Å². The minimum Gasteiger partial charge on any atom is -0.363 e. The molecule has 1 atom stereocenters. The van der Waals surface area contributed by atoms with Crippen LogP contribution in [0, 0.1) is 18.3 Å². The van der Waals surface area contributed by atoms with Crippen molar-refractivity contribution in [3.05, 3.63) is 67.5 Å². The van der Waals surface area contributed by atoms with Gasteiger partial charge in [-0.25, -0.2) is 4.98 Å². The van der Waals surface area contributed by atoms with Gasteiger partial charge in [0.1, 0.15) is 11.9 Å². The molecule has 0 aliphatic heterocycles. The van der Waals surface area contributed by atoms with Crippen LogP contribution in [0.25, 0.3) is 10.9 Å². The van der Waals surface area contributed by atoms with Crippen LogP contribution in [0.5, 0.6) is 0 Å². The van der Waals surface area contributed by atoms with Crippen molar-refractivity contribution in [3.63, 3.8) is 0 Å². The maximum Gasteiger partial charge on any atom is 0.416 e. The van der Waals surface area contributed by atoms with Crippen LogP contribution < -0.4 is 10.9 Å². The van der Waals surface area contributed by atoms with Crippen LogP contribution in [-0.2, 0) is 13.2 Å². The fourth-order valence-electron chi connectivity index (χ4n) is 3.37. The predicted molar refractivity (Wildman–Crippen MR) is 108 cm³/mol. The third kappa shape index (κ3) is 3.72. The smallest absolute Gasteiger partial charge is 0.363 e. The molecule has 150 valence electrons. The molecule has 29 heavy (non-hydrogen) atoms. The molecule has 9 heteroatoms. The van der Waals surface area contributed by atoms with Gasteiger partial charge in [0.25, 0.3) is 5.56 Å². The number of hydrogen-bond acceptors (Lipinski definition) is 4. The van der Waals surface area contributed by atoms with E-state index in [0.717, 1.165) is 6.07 Å². The topological polar surface area (TPSA) is 70.7 Å². The number of aromatic nitrogens is 2. The molecule has 0 aliphatic carbocycles. The van der Waals surface area contributed by atoms with E-state index < -0.39 is 17.8 Å². The molecule has 2 heterocycles. The third-order valence-electron chi connectivity index (χ3n) is 4.82. The molecule has 0 radical (unpaired) electrons. The lowest BCUT2D eigenvalue weighted by atomic mass is 9.97. The van der Waals surface area contributed by atoms with Gasteiger partial charge in [0, 0.05) is 18.6 Å². The van der Waals surface area contributed by atoms with E-state index in [1.165, 1.54) is 23.8 Å². The summed E-state index contributed by atoms with van der Waals surface area (Å²) in [4.78, 5) is 16.5. The number of rotatable bonds is 3. The Bertz CT molecular complexity index is 1210. The Morgan fingerprint density at radius 1 is 1.34 bits per heavy atom. The minimum absolute atomic E-state index is 0.131. The summed E-state index contributed by atoms with van der Waals surface area (Å²) >= 11 is 3.21. The van der Waals surface area contributed by atoms with E-state index in [-0.39, 0.29) is 21.2 Å². The number of hydrogen-bond donors (Lipinski definition) is 1. The SMILES string of the molecule is Cc1c([C@@H](C)Nc2ncc(C#N)c3c2cc(Br)c(=O)n3C)cccc1C(F)(F)F. The molecule has 0 saturated heterocycles. The Morgan fingerprint density at radius 3 is 2.66 bits per heavy atom. The lowest BCUT2D eigenvalue weighted by Gasteiger charge is -2.21. The molecule has 2 aromatic heterocycles. The second kappa shape index (κ2) is 7.52. The van der Waals surface area contributed by atoms with E-state index in [0.29, 0.717) is 22.3 Å². The summed E-state index contributed by atoms with van der Waals surface area (Å²) in [7, 11) is 1.54. The predicted octanol–water partition coefficient (Wildman–Crippen LogP) is 5.07. The summed E-state index contributed by atoms with van der Waals surface area (Å²) in [6.07, 6.45) is -3.11. The zero-order chi connectivity index (χ0) is 21.5. The molecule has 3 rings (SSSR count). The van der Waals surface area contributed by atoms with Crippen molar-refractivity contribution in [3.8, 4) is 6.07 Å². The average Bonchev–Trinajstić information content (AvgIpc) is 2.65. The van der Waals surface area contributed by atoms with Crippen LogP contribution in [-0.4, -0.2) is 9.55 Å². The molecule has 1 aromatic carbocycles. The van der Waals surface area contributed by atoms with Gasteiger partial charge in [-0.15, -0.1) is 0 Å². The zero-order valence-corrected chi connectivity index (χ0v) is 17.3. The highest BCUT2D eigenvalue weighted by molar-refractivity contribution is 9.10. The van der Waals surface area contributed by atoms with Crippen LogP contribution in [0.3, 0.4) is 0 Å². The number of halogens is 4. The van der Waals surface area contributed by atoms with Gasteiger partial charge in [0.05, 0.1) is 27.2 Å². The summed E-state index contributed by atoms with van der Waals surface area (Å²) in [5.41, 5.74) is 0.223. The van der Waals surface area contributed by atoms with E-state index in [4.69, 9.17) is 0 Å². The monoisotopic (exact) mass is 464 g/mol. The van der Waals surface area contributed by atoms with Crippen LogP contribution in [0.15, 0.2) is 39.7 Å². The Morgan fingerprint density at radius 2 is 2.03 bits per heavy atom. The number of nitrogens with zero attached hydrogens (tertiary/aromatic N) is 3. The van der Waals surface area contributed by atoms with E-state index in [1.807, 2.05) is 6.07 Å². The highest BCUT2D eigenvalue weighted by Crippen LogP contribution is 2.35. The molecule has 0 saturated carbocycles. The van der Waals surface area contributed by atoms with Gasteiger partial charge >= 0.3 is 6.18 Å². The number of anilines is 1. The highest BCUT2D eigenvalue weighted by Gasteiger charge is 2.33. The van der Waals surface area contributed by atoms with Gasteiger partial charge in [0.2, 0.25) is 0 Å². The van der Waals surface area contributed by atoms with Gasteiger partial charge in [-0.2, -0.15) is 18.4 Å². The van der Waals surface area contributed by atoms with Crippen molar-refractivity contribution in [1.29, 1.82) is 5.26 Å². The fraction of sp³-hybridized carbons (Fsp3) is 0.250. The molecule has 0 aliphatic rings. The zero-order valence-electron chi connectivity index (χ0n) is 15.7. The normalized spacial score (nSPS) is 12.6. The van der Waals surface area contributed by atoms with Crippen LogP contribution in [0.2, 0.25) is 0 Å². The summed E-state index contributed by atoms with van der Waals surface area (Å²) < 4.78 is 41.3. The first-order valence-electron chi connectivity index (χ1n) is 8.57. The standard InChI is InChI=1S/C20H16BrF3N4O/c1-10-13(5-4-6-15(10)20(22,23)24)11(2)27-18-14-7-16(21)19(29)28(3)17(14)12(8-25)9-26-18/h4-7,9,11H,1-3H3,(H,26,27)/t11-/m1/s1. The summed E-state index contributed by atoms with van der Waals surface area (Å²) in [5.74, 6) is 0.361. The minimum atomic E-state index is -4.44. The first kappa shape index (κ1) is 20.9. The second-order valence-corrected chi connectivity index (χ2v) is 7.49. The maximum atomic E-state index is 13.2. The van der Waals surface area contributed by atoms with Gasteiger partial charge in [-0.1, -0.05) is 12.1 Å². The molecule has 5 nitrogen and oxygen atoms in total. The average molecular weight is 465 g/mol. The lowest BCUT2D eigenvalue weighted by molar-refractivity contribution is -0.138. The summed E-state index contributed by atoms with van der Waals surface area (Å²) in [6, 6.07) is 7.11. The molecule has 0 bridgehead atoms. The maximum absolute atomic E-state index is 13.2. The fourth-order valence-corrected chi connectivity index (χ4v) is 3.87. The number of nitriles is 1. The van der Waals surface area contributed by atoms with Gasteiger partial charge in [0.15, 0.2) is 0 Å². The van der Waals surface area contributed by atoms with Crippen molar-refractivity contribution in [1.82, 2.24) is 9.55 Å². The number of benzene rings is 1. The molecule has 0 unspecified atom stereocenters. The van der Waals surface area contributed by atoms with Crippen LogP contribution >= 0.6 is 15.9 Å². The van der Waals surface area contributed by atoms with Crippen molar-refractivity contribution in [2.75, 3.05) is 5.32 Å². The third-order valence-corrected chi connectivity index (χ3v) is 5.39. The van der Waals surface area contributed by atoms with Crippen LogP contribution in [0.1, 0.15) is 35.2 Å². The molecule has 3 aromatic rings. The Labute approximate surface area is 172 Å². The van der Waals surface area contributed by atoms with E-state index in [9.17, 15) is 23.2 Å². The quantitative estimate of drug-likeness (QED) is 0.587.